The van der Waals surface area contributed by atoms with Crippen molar-refractivity contribution in [3.8, 4) is 0 Å². The molecule has 1 saturated heterocycles. The molecule has 162 valence electrons. The van der Waals surface area contributed by atoms with Crippen molar-refractivity contribution in [2.75, 3.05) is 25.0 Å². The molecule has 1 fully saturated rings. The van der Waals surface area contributed by atoms with Gasteiger partial charge in [0.2, 0.25) is 17.7 Å². The summed E-state index contributed by atoms with van der Waals surface area (Å²) in [5.74, 6) is -2.01. The molecule has 32 heavy (non-hydrogen) atoms. The first-order valence-electron chi connectivity index (χ1n) is 10.5. The molecule has 8 heteroatoms. The van der Waals surface area contributed by atoms with E-state index in [-0.39, 0.29) is 37.2 Å². The topological polar surface area (TPSA) is 95.1 Å². The van der Waals surface area contributed by atoms with Crippen LogP contribution in [0.1, 0.15) is 44.7 Å². The number of carbonyl (C=O) groups is 5. The van der Waals surface area contributed by atoms with Crippen LogP contribution in [0.2, 0.25) is 0 Å². The second kappa shape index (κ2) is 6.85. The lowest BCUT2D eigenvalue weighted by atomic mass is 9.79. The minimum absolute atomic E-state index is 0.150. The SMILES string of the molecule is Cc1ccc2c(c1)C1(CC(=O)N(C)C1=O)C(=O)N2CCCN1C(=O)c2ccccc2C1=O. The van der Waals surface area contributed by atoms with Gasteiger partial charge in [0.1, 0.15) is 0 Å². The number of aryl methyl sites for hydroxylation is 1. The molecule has 0 aromatic heterocycles. The average molecular weight is 431 g/mol. The number of likely N-dealkylation sites (tertiary alicyclic amines) is 1. The summed E-state index contributed by atoms with van der Waals surface area (Å²) in [4.78, 5) is 67.8. The van der Waals surface area contributed by atoms with Crippen molar-refractivity contribution in [2.45, 2.75) is 25.2 Å². The Hall–Kier alpha value is -3.81. The van der Waals surface area contributed by atoms with Gasteiger partial charge >= 0.3 is 0 Å². The van der Waals surface area contributed by atoms with Crippen LogP contribution in [0.15, 0.2) is 42.5 Å². The molecule has 1 spiro atoms. The third kappa shape index (κ3) is 2.52. The number of hydrogen-bond donors (Lipinski definition) is 0. The fourth-order valence-electron chi connectivity index (χ4n) is 4.93. The average Bonchev–Trinajstić information content (AvgIpc) is 3.27. The van der Waals surface area contributed by atoms with Crippen molar-refractivity contribution in [3.05, 3.63) is 64.7 Å². The number of amides is 5. The second-order valence-electron chi connectivity index (χ2n) is 8.48. The van der Waals surface area contributed by atoms with Crippen molar-refractivity contribution in [1.29, 1.82) is 0 Å². The third-order valence-corrected chi connectivity index (χ3v) is 6.61. The molecule has 3 heterocycles. The number of likely N-dealkylation sites (N-methyl/N-ethyl adjacent to an activating group) is 1. The lowest BCUT2D eigenvalue weighted by molar-refractivity contribution is -0.140. The van der Waals surface area contributed by atoms with E-state index in [1.807, 2.05) is 13.0 Å². The van der Waals surface area contributed by atoms with Crippen LogP contribution < -0.4 is 4.90 Å². The fraction of sp³-hybridized carbons (Fsp3) is 0.292. The highest BCUT2D eigenvalue weighted by Crippen LogP contribution is 2.48. The Labute approximate surface area is 184 Å². The molecule has 0 saturated carbocycles. The Bertz CT molecular complexity index is 1200. The van der Waals surface area contributed by atoms with Crippen molar-refractivity contribution in [1.82, 2.24) is 9.80 Å². The van der Waals surface area contributed by atoms with E-state index in [1.54, 1.807) is 36.4 Å². The summed E-state index contributed by atoms with van der Waals surface area (Å²) in [6.45, 7) is 2.24. The molecule has 2 aromatic carbocycles. The number of rotatable bonds is 4. The molecular weight excluding hydrogens is 410 g/mol. The lowest BCUT2D eigenvalue weighted by Crippen LogP contribution is -2.46. The van der Waals surface area contributed by atoms with Gasteiger partial charge in [0.15, 0.2) is 5.41 Å². The highest BCUT2D eigenvalue weighted by Gasteiger charge is 2.62. The van der Waals surface area contributed by atoms with Gasteiger partial charge in [0, 0.05) is 31.4 Å². The number of fused-ring (bicyclic) bond motifs is 3. The lowest BCUT2D eigenvalue weighted by Gasteiger charge is -2.22. The van der Waals surface area contributed by atoms with E-state index in [0.29, 0.717) is 28.8 Å². The highest BCUT2D eigenvalue weighted by atomic mass is 16.2. The molecule has 2 aromatic rings. The number of benzene rings is 2. The Morgan fingerprint density at radius 1 is 0.844 bits per heavy atom. The van der Waals surface area contributed by atoms with Gasteiger partial charge in [-0.1, -0.05) is 29.8 Å². The van der Waals surface area contributed by atoms with E-state index < -0.39 is 17.2 Å². The molecule has 5 rings (SSSR count). The number of anilines is 1. The van der Waals surface area contributed by atoms with Gasteiger partial charge in [0.05, 0.1) is 17.5 Å². The first-order chi connectivity index (χ1) is 15.3. The second-order valence-corrected chi connectivity index (χ2v) is 8.48. The molecule has 5 amide bonds. The molecule has 0 radical (unpaired) electrons. The van der Waals surface area contributed by atoms with E-state index in [9.17, 15) is 24.0 Å². The monoisotopic (exact) mass is 431 g/mol. The highest BCUT2D eigenvalue weighted by molar-refractivity contribution is 6.28. The van der Waals surface area contributed by atoms with E-state index in [4.69, 9.17) is 0 Å². The zero-order chi connectivity index (χ0) is 22.8. The maximum atomic E-state index is 13.5. The summed E-state index contributed by atoms with van der Waals surface area (Å²) in [6.07, 6.45) is 0.158. The minimum Gasteiger partial charge on any atom is -0.311 e. The molecule has 1 unspecified atom stereocenters. The van der Waals surface area contributed by atoms with E-state index >= 15 is 0 Å². The summed E-state index contributed by atoms with van der Waals surface area (Å²) in [5.41, 5.74) is 1.27. The van der Waals surface area contributed by atoms with Gasteiger partial charge < -0.3 is 4.90 Å². The van der Waals surface area contributed by atoms with Crippen LogP contribution in [0.5, 0.6) is 0 Å². The van der Waals surface area contributed by atoms with Crippen LogP contribution >= 0.6 is 0 Å². The Morgan fingerprint density at radius 3 is 2.06 bits per heavy atom. The molecule has 3 aliphatic rings. The Kier molecular flexibility index (Phi) is 4.30. The largest absolute Gasteiger partial charge is 0.311 e. The zero-order valence-corrected chi connectivity index (χ0v) is 17.8. The normalized spacial score (nSPS) is 21.9. The number of nitrogens with zero attached hydrogens (tertiary/aromatic N) is 3. The molecule has 8 nitrogen and oxygen atoms in total. The zero-order valence-electron chi connectivity index (χ0n) is 17.8. The van der Waals surface area contributed by atoms with Gasteiger partial charge in [-0.05, 0) is 31.5 Å². The number of hydrogen-bond acceptors (Lipinski definition) is 5. The summed E-state index contributed by atoms with van der Waals surface area (Å²) < 4.78 is 0. The van der Waals surface area contributed by atoms with Crippen LogP contribution in [0, 0.1) is 6.92 Å². The predicted octanol–water partition coefficient (Wildman–Crippen LogP) is 1.65. The molecule has 0 bridgehead atoms. The van der Waals surface area contributed by atoms with Crippen molar-refractivity contribution < 1.29 is 24.0 Å². The first-order valence-corrected chi connectivity index (χ1v) is 10.5. The fourth-order valence-corrected chi connectivity index (χ4v) is 4.93. The summed E-state index contributed by atoms with van der Waals surface area (Å²) in [5, 5.41) is 0. The first kappa shape index (κ1) is 20.1. The standard InChI is InChI=1S/C24H21N3O5/c1-14-8-9-18-17(12-14)24(13-19(28)25(2)22(24)31)23(32)26(18)10-5-11-27-20(29)15-6-3-4-7-16(15)21(27)30/h3-4,6-9,12H,5,10-11,13H2,1-2H3. The van der Waals surface area contributed by atoms with Gasteiger partial charge in [0.25, 0.3) is 11.8 Å². The summed E-state index contributed by atoms with van der Waals surface area (Å²) in [6, 6.07) is 12.1. The minimum atomic E-state index is -1.53. The molecule has 0 N–H and O–H groups in total. The van der Waals surface area contributed by atoms with Crippen LogP contribution in [0.3, 0.4) is 0 Å². The van der Waals surface area contributed by atoms with Gasteiger partial charge in [-0.3, -0.25) is 33.8 Å². The number of carbonyl (C=O) groups excluding carboxylic acids is 5. The number of imide groups is 2. The van der Waals surface area contributed by atoms with Crippen LogP contribution in [-0.2, 0) is 19.8 Å². The summed E-state index contributed by atoms with van der Waals surface area (Å²) in [7, 11) is 1.40. The quantitative estimate of drug-likeness (QED) is 0.542. The van der Waals surface area contributed by atoms with E-state index in [2.05, 4.69) is 0 Å². The smallest absolute Gasteiger partial charge is 0.261 e. The van der Waals surface area contributed by atoms with Gasteiger partial charge in [-0.2, -0.15) is 0 Å². The molecule has 1 atom stereocenters. The Balaban J connectivity index is 1.40. The van der Waals surface area contributed by atoms with Crippen LogP contribution in [0.25, 0.3) is 0 Å². The third-order valence-electron chi connectivity index (χ3n) is 6.61. The maximum absolute atomic E-state index is 13.5. The van der Waals surface area contributed by atoms with E-state index in [1.165, 1.54) is 16.8 Å². The molecule has 0 aliphatic carbocycles. The van der Waals surface area contributed by atoms with E-state index in [0.717, 1.165) is 10.5 Å². The van der Waals surface area contributed by atoms with Crippen LogP contribution in [-0.4, -0.2) is 59.5 Å². The Morgan fingerprint density at radius 2 is 1.47 bits per heavy atom. The van der Waals surface area contributed by atoms with Crippen molar-refractivity contribution >= 4 is 35.2 Å². The van der Waals surface area contributed by atoms with Gasteiger partial charge in [-0.25, -0.2) is 0 Å². The predicted molar refractivity (Wildman–Crippen MR) is 114 cm³/mol. The van der Waals surface area contributed by atoms with Gasteiger partial charge in [-0.15, -0.1) is 0 Å². The maximum Gasteiger partial charge on any atom is 0.261 e. The van der Waals surface area contributed by atoms with Crippen molar-refractivity contribution in [3.63, 3.8) is 0 Å². The summed E-state index contributed by atoms with van der Waals surface area (Å²) >= 11 is 0. The molecular formula is C24H21N3O5. The molecule has 3 aliphatic heterocycles. The van der Waals surface area contributed by atoms with Crippen molar-refractivity contribution in [2.24, 2.45) is 0 Å². The van der Waals surface area contributed by atoms with Crippen LogP contribution in [0.4, 0.5) is 5.69 Å².